The zero-order valence-corrected chi connectivity index (χ0v) is 17.3. The van der Waals surface area contributed by atoms with E-state index in [1.165, 1.54) is 0 Å². The van der Waals surface area contributed by atoms with Gasteiger partial charge in [0, 0.05) is 17.4 Å². The van der Waals surface area contributed by atoms with Gasteiger partial charge in [-0.3, -0.25) is 0 Å². The Balaban J connectivity index is 1.61. The van der Waals surface area contributed by atoms with Gasteiger partial charge in [0.1, 0.15) is 23.7 Å². The Labute approximate surface area is 166 Å². The second kappa shape index (κ2) is 7.38. The molecule has 0 bridgehead atoms. The van der Waals surface area contributed by atoms with Crippen molar-refractivity contribution in [3.8, 4) is 17.3 Å². The molecule has 0 saturated heterocycles. The molecule has 0 aromatic carbocycles. The summed E-state index contributed by atoms with van der Waals surface area (Å²) in [5.41, 5.74) is 4.34. The molecular weight excluding hydrogens is 410 g/mol. The summed E-state index contributed by atoms with van der Waals surface area (Å²) in [4.78, 5) is 6.40. The van der Waals surface area contributed by atoms with Crippen molar-refractivity contribution in [2.24, 2.45) is 7.05 Å². The summed E-state index contributed by atoms with van der Waals surface area (Å²) in [6, 6.07) is 3.94. The van der Waals surface area contributed by atoms with Crippen molar-refractivity contribution in [2.45, 2.75) is 52.2 Å². The van der Waals surface area contributed by atoms with Gasteiger partial charge in [0.25, 0.3) is 5.88 Å². The maximum Gasteiger partial charge on any atom is 0.257 e. The largest absolute Gasteiger partial charge is 0.469 e. The Morgan fingerprint density at radius 2 is 2.04 bits per heavy atom. The molecule has 0 spiro atoms. The molecule has 27 heavy (non-hydrogen) atoms. The normalized spacial score (nSPS) is 13.9. The molecule has 0 unspecified atom stereocenters. The lowest BCUT2D eigenvalue weighted by atomic mass is 10.2. The highest BCUT2D eigenvalue weighted by atomic mass is 79.9. The Morgan fingerprint density at radius 3 is 2.74 bits per heavy atom. The molecule has 142 valence electrons. The third kappa shape index (κ3) is 3.60. The number of nitrogens with zero attached hydrogens (tertiary/aromatic N) is 7. The zero-order valence-electron chi connectivity index (χ0n) is 15.7. The van der Waals surface area contributed by atoms with E-state index in [0.29, 0.717) is 18.4 Å². The van der Waals surface area contributed by atoms with Crippen LogP contribution in [-0.4, -0.2) is 35.0 Å². The highest BCUT2D eigenvalue weighted by Crippen LogP contribution is 2.42. The van der Waals surface area contributed by atoms with Crippen molar-refractivity contribution >= 4 is 15.9 Å². The van der Waals surface area contributed by atoms with Crippen LogP contribution in [0, 0.1) is 0 Å². The van der Waals surface area contributed by atoms with E-state index in [1.807, 2.05) is 26.1 Å². The lowest BCUT2D eigenvalue weighted by Gasteiger charge is -2.08. The third-order valence-electron chi connectivity index (χ3n) is 4.68. The van der Waals surface area contributed by atoms with Crippen LogP contribution < -0.4 is 4.74 Å². The Kier molecular flexibility index (Phi) is 4.94. The van der Waals surface area contributed by atoms with E-state index in [4.69, 9.17) is 9.72 Å². The van der Waals surface area contributed by atoms with Crippen LogP contribution in [0.25, 0.3) is 11.4 Å². The van der Waals surface area contributed by atoms with Crippen molar-refractivity contribution in [3.05, 3.63) is 33.7 Å². The van der Waals surface area contributed by atoms with Gasteiger partial charge in [-0.2, -0.15) is 9.90 Å². The van der Waals surface area contributed by atoms with Gasteiger partial charge in [-0.25, -0.2) is 9.67 Å². The maximum atomic E-state index is 6.06. The number of ether oxygens (including phenoxy) is 1. The minimum Gasteiger partial charge on any atom is -0.469 e. The van der Waals surface area contributed by atoms with E-state index >= 15 is 0 Å². The molecule has 0 radical (unpaired) electrons. The number of aromatic nitrogens is 7. The number of hydrogen-bond acceptors (Lipinski definition) is 6. The zero-order chi connectivity index (χ0) is 19.0. The fourth-order valence-corrected chi connectivity index (χ4v) is 3.44. The van der Waals surface area contributed by atoms with Gasteiger partial charge in [0.15, 0.2) is 0 Å². The van der Waals surface area contributed by atoms with Crippen molar-refractivity contribution < 1.29 is 4.74 Å². The summed E-state index contributed by atoms with van der Waals surface area (Å²) >= 11 is 3.54. The van der Waals surface area contributed by atoms with E-state index in [-0.39, 0.29) is 0 Å². The molecule has 3 aromatic rings. The minimum absolute atomic E-state index is 0.320. The average Bonchev–Trinajstić information content (AvgIpc) is 3.34. The van der Waals surface area contributed by atoms with Gasteiger partial charge in [-0.15, -0.1) is 10.2 Å². The first-order valence-electron chi connectivity index (χ1n) is 9.22. The Morgan fingerprint density at radius 1 is 1.22 bits per heavy atom. The van der Waals surface area contributed by atoms with E-state index in [9.17, 15) is 0 Å². The number of aryl methyl sites for hydroxylation is 3. The van der Waals surface area contributed by atoms with Gasteiger partial charge >= 0.3 is 0 Å². The predicted molar refractivity (Wildman–Crippen MR) is 103 cm³/mol. The number of halogens is 1. The van der Waals surface area contributed by atoms with Gasteiger partial charge in [0.2, 0.25) is 0 Å². The molecule has 1 aliphatic carbocycles. The molecule has 0 atom stereocenters. The van der Waals surface area contributed by atoms with Gasteiger partial charge in [0.05, 0.1) is 17.9 Å². The second-order valence-electron chi connectivity index (χ2n) is 6.63. The molecule has 1 saturated carbocycles. The smallest absolute Gasteiger partial charge is 0.257 e. The summed E-state index contributed by atoms with van der Waals surface area (Å²) in [7, 11) is 1.86. The number of hydrogen-bond donors (Lipinski definition) is 0. The maximum absolute atomic E-state index is 6.06. The number of rotatable bonds is 7. The van der Waals surface area contributed by atoms with Gasteiger partial charge < -0.3 is 4.74 Å². The van der Waals surface area contributed by atoms with Crippen LogP contribution in [0.5, 0.6) is 5.88 Å². The van der Waals surface area contributed by atoms with Crippen LogP contribution in [0.2, 0.25) is 0 Å². The van der Waals surface area contributed by atoms with Crippen molar-refractivity contribution in [1.82, 2.24) is 35.0 Å². The van der Waals surface area contributed by atoms with E-state index in [0.717, 1.165) is 58.7 Å². The van der Waals surface area contributed by atoms with E-state index in [1.54, 1.807) is 9.48 Å². The lowest BCUT2D eigenvalue weighted by molar-refractivity contribution is 0.277. The van der Waals surface area contributed by atoms with E-state index in [2.05, 4.69) is 43.4 Å². The summed E-state index contributed by atoms with van der Waals surface area (Å²) in [5, 5.41) is 17.5. The van der Waals surface area contributed by atoms with Crippen LogP contribution in [0.1, 0.15) is 49.7 Å². The fraction of sp³-hybridized carbons (Fsp3) is 0.500. The van der Waals surface area contributed by atoms with Crippen molar-refractivity contribution in [3.63, 3.8) is 0 Å². The summed E-state index contributed by atoms with van der Waals surface area (Å²) in [6.45, 7) is 5.15. The first-order valence-corrected chi connectivity index (χ1v) is 10.0. The van der Waals surface area contributed by atoms with Crippen LogP contribution >= 0.6 is 15.9 Å². The molecule has 3 aromatic heterocycles. The highest BCUT2D eigenvalue weighted by Gasteiger charge is 2.31. The first-order chi connectivity index (χ1) is 13.1. The first kappa shape index (κ1) is 18.1. The van der Waals surface area contributed by atoms with Gasteiger partial charge in [-0.1, -0.05) is 12.1 Å². The Hall–Kier alpha value is -2.29. The summed E-state index contributed by atoms with van der Waals surface area (Å²) in [6.07, 6.45) is 3.14. The lowest BCUT2D eigenvalue weighted by Crippen LogP contribution is -2.06. The standard InChI is InChI=1S/C18H22BrN7O/c1-4-13-12(19)8-9-14(20-13)17-15(25(3)24-21-17)10-27-18-16(11-6-7-11)22-26(5-2)23-18/h8-9,11H,4-7,10H2,1-3H3. The van der Waals surface area contributed by atoms with Crippen LogP contribution in [-0.2, 0) is 26.6 Å². The molecular formula is C18H22BrN7O. The molecule has 3 heterocycles. The summed E-state index contributed by atoms with van der Waals surface area (Å²) < 4.78 is 8.78. The quantitative estimate of drug-likeness (QED) is 0.570. The van der Waals surface area contributed by atoms with Crippen molar-refractivity contribution in [2.75, 3.05) is 0 Å². The van der Waals surface area contributed by atoms with Gasteiger partial charge in [-0.05, 0) is 54.2 Å². The van der Waals surface area contributed by atoms with Crippen LogP contribution in [0.15, 0.2) is 16.6 Å². The predicted octanol–water partition coefficient (Wildman–Crippen LogP) is 3.27. The Bertz CT molecular complexity index is 961. The average molecular weight is 432 g/mol. The van der Waals surface area contributed by atoms with Crippen LogP contribution in [0.4, 0.5) is 0 Å². The fourth-order valence-electron chi connectivity index (χ4n) is 2.94. The van der Waals surface area contributed by atoms with Crippen molar-refractivity contribution in [1.29, 1.82) is 0 Å². The third-order valence-corrected chi connectivity index (χ3v) is 5.40. The minimum atomic E-state index is 0.320. The monoisotopic (exact) mass is 431 g/mol. The molecule has 0 amide bonds. The highest BCUT2D eigenvalue weighted by molar-refractivity contribution is 9.10. The molecule has 9 heteroatoms. The molecule has 1 aliphatic rings. The van der Waals surface area contributed by atoms with Crippen LogP contribution in [0.3, 0.4) is 0 Å². The number of pyridine rings is 1. The summed E-state index contributed by atoms with van der Waals surface area (Å²) in [5.74, 6) is 1.09. The molecule has 0 aliphatic heterocycles. The van der Waals surface area contributed by atoms with E-state index < -0.39 is 0 Å². The molecule has 8 nitrogen and oxygen atoms in total. The molecule has 4 rings (SSSR count). The SMILES string of the molecule is CCc1nc(-c2nnn(C)c2COc2nn(CC)nc2C2CC2)ccc1Br. The topological polar surface area (TPSA) is 83.5 Å². The second-order valence-corrected chi connectivity index (χ2v) is 7.48. The molecule has 0 N–H and O–H groups in total. The molecule has 1 fully saturated rings.